The van der Waals surface area contributed by atoms with Crippen molar-refractivity contribution in [1.82, 2.24) is 14.8 Å². The molecule has 1 aromatic carbocycles. The molecule has 1 aliphatic heterocycles. The van der Waals surface area contributed by atoms with E-state index in [0.717, 1.165) is 17.5 Å². The number of aromatic nitrogens is 1. The zero-order valence-corrected chi connectivity index (χ0v) is 16.3. The molecule has 6 heteroatoms. The summed E-state index contributed by atoms with van der Waals surface area (Å²) in [5.41, 5.74) is 2.85. The SMILES string of the molecule is CCN(CCc1ccncc1)C1=C(c2ccccc2)C(=O)N(CCOC)C1=O. The first-order valence-corrected chi connectivity index (χ1v) is 9.46. The van der Waals surface area contributed by atoms with E-state index in [-0.39, 0.29) is 18.4 Å². The van der Waals surface area contributed by atoms with Gasteiger partial charge in [0.2, 0.25) is 0 Å². The third kappa shape index (κ3) is 4.12. The van der Waals surface area contributed by atoms with Crippen LogP contribution in [0.15, 0.2) is 60.6 Å². The summed E-state index contributed by atoms with van der Waals surface area (Å²) in [7, 11) is 1.56. The van der Waals surface area contributed by atoms with Gasteiger partial charge in [0.25, 0.3) is 11.8 Å². The second-order valence-corrected chi connectivity index (χ2v) is 6.53. The largest absolute Gasteiger partial charge is 0.383 e. The number of benzene rings is 1. The first-order valence-electron chi connectivity index (χ1n) is 9.46. The van der Waals surface area contributed by atoms with Crippen molar-refractivity contribution in [2.45, 2.75) is 13.3 Å². The van der Waals surface area contributed by atoms with Gasteiger partial charge in [0, 0.05) is 32.6 Å². The fourth-order valence-electron chi connectivity index (χ4n) is 3.35. The average Bonchev–Trinajstić information content (AvgIpc) is 2.98. The number of carbonyl (C=O) groups is 2. The van der Waals surface area contributed by atoms with Crippen LogP contribution < -0.4 is 0 Å². The molecule has 3 rings (SSSR count). The molecule has 0 aliphatic carbocycles. The van der Waals surface area contributed by atoms with Crippen LogP contribution in [0.2, 0.25) is 0 Å². The summed E-state index contributed by atoms with van der Waals surface area (Å²) in [5, 5.41) is 0. The zero-order valence-electron chi connectivity index (χ0n) is 16.3. The summed E-state index contributed by atoms with van der Waals surface area (Å²) < 4.78 is 5.08. The van der Waals surface area contributed by atoms with E-state index in [1.807, 2.05) is 54.3 Å². The normalized spacial score (nSPS) is 14.1. The van der Waals surface area contributed by atoms with Crippen molar-refractivity contribution in [2.24, 2.45) is 0 Å². The summed E-state index contributed by atoms with van der Waals surface area (Å²) in [6.45, 7) is 3.83. The lowest BCUT2D eigenvalue weighted by atomic mass is 10.0. The number of methoxy groups -OCH3 is 1. The van der Waals surface area contributed by atoms with E-state index in [0.29, 0.717) is 31.0 Å². The predicted octanol–water partition coefficient (Wildman–Crippen LogP) is 2.37. The van der Waals surface area contributed by atoms with Crippen LogP contribution in [0.1, 0.15) is 18.1 Å². The number of likely N-dealkylation sites (N-methyl/N-ethyl adjacent to an activating group) is 1. The number of hydrogen-bond acceptors (Lipinski definition) is 5. The smallest absolute Gasteiger partial charge is 0.277 e. The van der Waals surface area contributed by atoms with Crippen molar-refractivity contribution in [3.05, 3.63) is 71.7 Å². The summed E-state index contributed by atoms with van der Waals surface area (Å²) in [4.78, 5) is 33.6. The number of carbonyl (C=O) groups excluding carboxylic acids is 2. The lowest BCUT2D eigenvalue weighted by molar-refractivity contribution is -0.138. The van der Waals surface area contributed by atoms with Gasteiger partial charge in [-0.15, -0.1) is 0 Å². The van der Waals surface area contributed by atoms with E-state index in [2.05, 4.69) is 4.98 Å². The summed E-state index contributed by atoms with van der Waals surface area (Å²) in [6, 6.07) is 13.3. The molecule has 0 bridgehead atoms. The molecule has 2 aromatic rings. The lowest BCUT2D eigenvalue weighted by Crippen LogP contribution is -2.37. The number of pyridine rings is 1. The van der Waals surface area contributed by atoms with E-state index in [1.165, 1.54) is 4.90 Å². The minimum atomic E-state index is -0.259. The van der Waals surface area contributed by atoms with Crippen LogP contribution in [0.3, 0.4) is 0 Å². The molecule has 0 fully saturated rings. The monoisotopic (exact) mass is 379 g/mol. The molecule has 0 atom stereocenters. The maximum atomic E-state index is 13.2. The minimum absolute atomic E-state index is 0.246. The standard InChI is InChI=1S/C22H25N3O3/c1-3-24(14-11-17-9-12-23-13-10-17)20-19(18-7-5-4-6-8-18)21(26)25(22(20)27)15-16-28-2/h4-10,12-13H,3,11,14-16H2,1-2H3. The summed E-state index contributed by atoms with van der Waals surface area (Å²) >= 11 is 0. The van der Waals surface area contributed by atoms with Crippen molar-refractivity contribution in [2.75, 3.05) is 33.4 Å². The fourth-order valence-corrected chi connectivity index (χ4v) is 3.35. The van der Waals surface area contributed by atoms with Crippen LogP contribution in [0.25, 0.3) is 5.57 Å². The van der Waals surface area contributed by atoms with Gasteiger partial charge in [-0.25, -0.2) is 0 Å². The first kappa shape index (κ1) is 19.8. The number of hydrogen-bond donors (Lipinski definition) is 0. The number of amides is 2. The molecule has 0 saturated carbocycles. The maximum absolute atomic E-state index is 13.2. The van der Waals surface area contributed by atoms with Crippen molar-refractivity contribution in [3.63, 3.8) is 0 Å². The van der Waals surface area contributed by atoms with Gasteiger partial charge in [-0.2, -0.15) is 0 Å². The number of imide groups is 1. The fraction of sp³-hybridized carbons (Fsp3) is 0.318. The van der Waals surface area contributed by atoms with Crippen molar-refractivity contribution in [3.8, 4) is 0 Å². The minimum Gasteiger partial charge on any atom is -0.383 e. The Bertz CT molecular complexity index is 850. The molecule has 0 unspecified atom stereocenters. The lowest BCUT2D eigenvalue weighted by Gasteiger charge is -2.24. The third-order valence-electron chi connectivity index (χ3n) is 4.84. The Kier molecular flexibility index (Phi) is 6.55. The van der Waals surface area contributed by atoms with Crippen LogP contribution in [0.4, 0.5) is 0 Å². The molecular formula is C22H25N3O3. The molecule has 1 aromatic heterocycles. The van der Waals surface area contributed by atoms with Gasteiger partial charge in [0.15, 0.2) is 0 Å². The number of rotatable bonds is 9. The van der Waals surface area contributed by atoms with Gasteiger partial charge >= 0.3 is 0 Å². The Morgan fingerprint density at radius 3 is 2.39 bits per heavy atom. The molecule has 28 heavy (non-hydrogen) atoms. The Morgan fingerprint density at radius 1 is 1.04 bits per heavy atom. The molecular weight excluding hydrogens is 354 g/mol. The van der Waals surface area contributed by atoms with Gasteiger partial charge in [-0.1, -0.05) is 30.3 Å². The van der Waals surface area contributed by atoms with Gasteiger partial charge in [-0.3, -0.25) is 19.5 Å². The highest BCUT2D eigenvalue weighted by Crippen LogP contribution is 2.31. The molecule has 146 valence electrons. The highest BCUT2D eigenvalue weighted by molar-refractivity contribution is 6.35. The Labute approximate surface area is 165 Å². The second kappa shape index (κ2) is 9.28. The van der Waals surface area contributed by atoms with Crippen LogP contribution >= 0.6 is 0 Å². The first-order chi connectivity index (χ1) is 13.7. The Morgan fingerprint density at radius 2 is 1.75 bits per heavy atom. The Balaban J connectivity index is 1.94. The van der Waals surface area contributed by atoms with Gasteiger partial charge in [-0.05, 0) is 36.6 Å². The third-order valence-corrected chi connectivity index (χ3v) is 4.84. The molecule has 2 heterocycles. The highest BCUT2D eigenvalue weighted by Gasteiger charge is 2.40. The van der Waals surface area contributed by atoms with Crippen LogP contribution in [0, 0.1) is 0 Å². The second-order valence-electron chi connectivity index (χ2n) is 6.53. The van der Waals surface area contributed by atoms with E-state index in [9.17, 15) is 9.59 Å². The van der Waals surface area contributed by atoms with Crippen molar-refractivity contribution < 1.29 is 14.3 Å². The maximum Gasteiger partial charge on any atom is 0.277 e. The van der Waals surface area contributed by atoms with Gasteiger partial charge in [0.05, 0.1) is 18.7 Å². The summed E-state index contributed by atoms with van der Waals surface area (Å²) in [5.74, 6) is -0.511. The van der Waals surface area contributed by atoms with Crippen molar-refractivity contribution in [1.29, 1.82) is 0 Å². The quantitative estimate of drug-likeness (QED) is 0.626. The van der Waals surface area contributed by atoms with Crippen molar-refractivity contribution >= 4 is 17.4 Å². The molecule has 0 saturated heterocycles. The summed E-state index contributed by atoms with van der Waals surface area (Å²) in [6.07, 6.45) is 4.29. The predicted molar refractivity (Wildman–Crippen MR) is 107 cm³/mol. The van der Waals surface area contributed by atoms with Crippen LogP contribution in [-0.4, -0.2) is 59.9 Å². The Hall–Kier alpha value is -2.99. The topological polar surface area (TPSA) is 62.7 Å². The zero-order chi connectivity index (χ0) is 19.9. The van der Waals surface area contributed by atoms with Crippen LogP contribution in [0.5, 0.6) is 0 Å². The molecule has 0 radical (unpaired) electrons. The van der Waals surface area contributed by atoms with Gasteiger partial charge < -0.3 is 9.64 Å². The van der Waals surface area contributed by atoms with Gasteiger partial charge in [0.1, 0.15) is 5.70 Å². The molecule has 0 N–H and O–H groups in total. The number of nitrogens with zero attached hydrogens (tertiary/aromatic N) is 3. The van der Waals surface area contributed by atoms with Crippen LogP contribution in [-0.2, 0) is 20.7 Å². The highest BCUT2D eigenvalue weighted by atomic mass is 16.5. The molecule has 0 spiro atoms. The van der Waals surface area contributed by atoms with E-state index in [1.54, 1.807) is 19.5 Å². The average molecular weight is 379 g/mol. The number of ether oxygens (including phenoxy) is 1. The molecule has 1 aliphatic rings. The van der Waals surface area contributed by atoms with E-state index >= 15 is 0 Å². The van der Waals surface area contributed by atoms with E-state index < -0.39 is 0 Å². The molecule has 2 amide bonds. The van der Waals surface area contributed by atoms with E-state index in [4.69, 9.17) is 4.74 Å². The molecule has 6 nitrogen and oxygen atoms in total.